The van der Waals surface area contributed by atoms with Gasteiger partial charge >= 0.3 is 5.97 Å². The number of hydrogen-bond donors (Lipinski definition) is 10. The molecule has 8 amide bonds. The number of aromatic nitrogens is 3. The normalized spacial score (nSPS) is 17.8. The van der Waals surface area contributed by atoms with E-state index < -0.39 is 114 Å². The first-order valence-electron chi connectivity index (χ1n) is 26.6. The van der Waals surface area contributed by atoms with Crippen molar-refractivity contribution in [1.29, 1.82) is 0 Å². The van der Waals surface area contributed by atoms with Gasteiger partial charge in [0.1, 0.15) is 42.3 Å². The summed E-state index contributed by atoms with van der Waals surface area (Å²) in [5.41, 5.74) is 9.07. The lowest BCUT2D eigenvalue weighted by atomic mass is 10.00. The molecule has 2 saturated heterocycles. The molecule has 416 valence electrons. The highest BCUT2D eigenvalue weighted by molar-refractivity contribution is 5.98. The lowest BCUT2D eigenvalue weighted by molar-refractivity contribution is -0.144. The molecule has 0 aliphatic carbocycles. The fraction of sp³-hybridized carbons (Fsp3) is 0.527. The number of amides is 8. The summed E-state index contributed by atoms with van der Waals surface area (Å²) < 4.78 is 0. The van der Waals surface area contributed by atoms with E-state index in [-0.39, 0.29) is 57.0 Å². The summed E-state index contributed by atoms with van der Waals surface area (Å²) in [6.45, 7) is 10.7. The molecule has 8 atom stereocenters. The number of fused-ring (bicyclic) bond motifs is 1. The van der Waals surface area contributed by atoms with Crippen LogP contribution in [0.3, 0.4) is 0 Å². The van der Waals surface area contributed by atoms with E-state index in [0.29, 0.717) is 37.1 Å². The maximum absolute atomic E-state index is 14.6. The molecule has 11 N–H and O–H groups in total. The Morgan fingerprint density at radius 3 is 1.86 bits per heavy atom. The Bertz CT molecular complexity index is 2660. The van der Waals surface area contributed by atoms with Gasteiger partial charge in [-0.15, -0.1) is 0 Å². The minimum atomic E-state index is -1.26. The number of carboxylic acids is 1. The number of imidazole rings is 1. The average molecular weight is 1070 g/mol. The van der Waals surface area contributed by atoms with Crippen LogP contribution in [0.25, 0.3) is 10.9 Å². The first-order chi connectivity index (χ1) is 36.7. The van der Waals surface area contributed by atoms with Gasteiger partial charge in [-0.2, -0.15) is 0 Å². The number of nitrogens with zero attached hydrogens (tertiary/aromatic N) is 3. The summed E-state index contributed by atoms with van der Waals surface area (Å²) in [7, 11) is 0. The van der Waals surface area contributed by atoms with Crippen LogP contribution in [-0.4, -0.2) is 151 Å². The Kier molecular flexibility index (Phi) is 20.9. The van der Waals surface area contributed by atoms with Gasteiger partial charge in [-0.1, -0.05) is 90.1 Å². The molecule has 4 aromatic rings. The molecular weight excluding hydrogens is 989 g/mol. The van der Waals surface area contributed by atoms with E-state index in [0.717, 1.165) is 16.5 Å². The first kappa shape index (κ1) is 58.6. The van der Waals surface area contributed by atoms with E-state index in [4.69, 9.17) is 5.73 Å². The Morgan fingerprint density at radius 2 is 1.25 bits per heavy atom. The molecule has 0 saturated carbocycles. The number of para-hydroxylation sites is 1. The molecule has 0 radical (unpaired) electrons. The van der Waals surface area contributed by atoms with Crippen molar-refractivity contribution in [2.75, 3.05) is 19.6 Å². The van der Waals surface area contributed by atoms with Crippen LogP contribution >= 0.6 is 0 Å². The van der Waals surface area contributed by atoms with Gasteiger partial charge in [0.05, 0.1) is 18.9 Å². The summed E-state index contributed by atoms with van der Waals surface area (Å²) in [6, 6.07) is 9.86. The van der Waals surface area contributed by atoms with Crippen molar-refractivity contribution in [2.24, 2.45) is 23.5 Å². The maximum Gasteiger partial charge on any atom is 0.326 e. The SMILES string of the molecule is CC(C)CC(NC(=O)C(Cc1cc2ccccc2[nH]1)NC(=O)CNC(=O)C1CCCN1C(=O)C(Cc1cnc[nH]1)NC(=O)C1CCCN1C(=O)C(CC(C)C)NC(=O)C(N)Cc1ccccc1)C(=O)NC(C(=O)O)C(C)C. The monoisotopic (exact) mass is 1060 g/mol. The molecular formula is C55H76N12O10. The van der Waals surface area contributed by atoms with Crippen molar-refractivity contribution in [1.82, 2.24) is 56.7 Å². The van der Waals surface area contributed by atoms with Gasteiger partial charge in [0.15, 0.2) is 0 Å². The molecule has 77 heavy (non-hydrogen) atoms. The zero-order chi connectivity index (χ0) is 55.9. The van der Waals surface area contributed by atoms with E-state index >= 15 is 0 Å². The largest absolute Gasteiger partial charge is 0.480 e. The first-order valence-corrected chi connectivity index (χ1v) is 26.6. The van der Waals surface area contributed by atoms with Crippen LogP contribution in [-0.2, 0) is 62.4 Å². The molecule has 2 aliphatic rings. The molecule has 8 unspecified atom stereocenters. The lowest BCUT2D eigenvalue weighted by Gasteiger charge is -2.32. The molecule has 22 heteroatoms. The van der Waals surface area contributed by atoms with Gasteiger partial charge in [0.2, 0.25) is 47.3 Å². The van der Waals surface area contributed by atoms with Gasteiger partial charge < -0.3 is 62.5 Å². The molecule has 0 spiro atoms. The van der Waals surface area contributed by atoms with E-state index in [9.17, 15) is 48.3 Å². The number of carbonyl (C=O) groups excluding carboxylic acids is 8. The standard InChI is InChI=1S/C55H76N12O10/c1-31(2)22-40(50(71)65-47(33(5)6)55(76)77)62-49(70)41(26-36-25-35-16-10-11-17-39(35)60-36)61-46(68)29-58-51(72)44-18-12-20-66(44)54(75)43(27-37-28-57-30-59-37)64-52(73)45-19-13-21-67(45)53(74)42(23-32(3)4)63-48(69)38(56)24-34-14-8-7-9-15-34/h7-11,14-17,25,28,30-33,38,40-45,47,60H,12-13,18-24,26-27,29,56H2,1-6H3,(H,57,59)(H,58,72)(H,61,68)(H,62,70)(H,63,69)(H,64,73)(H,65,71)(H,76,77). The number of rotatable bonds is 26. The Hall–Kier alpha value is -7.62. The van der Waals surface area contributed by atoms with Crippen molar-refractivity contribution in [3.8, 4) is 0 Å². The fourth-order valence-electron chi connectivity index (χ4n) is 9.97. The second-order valence-corrected chi connectivity index (χ2v) is 21.4. The second-order valence-electron chi connectivity index (χ2n) is 21.4. The van der Waals surface area contributed by atoms with Crippen molar-refractivity contribution in [3.05, 3.63) is 90.1 Å². The van der Waals surface area contributed by atoms with Crippen LogP contribution in [0.1, 0.15) is 97.0 Å². The quantitative estimate of drug-likeness (QED) is 0.0429. The van der Waals surface area contributed by atoms with E-state index in [1.807, 2.05) is 88.4 Å². The van der Waals surface area contributed by atoms with Gasteiger partial charge in [0.25, 0.3) is 0 Å². The molecule has 2 fully saturated rings. The Labute approximate surface area is 448 Å². The highest BCUT2D eigenvalue weighted by Gasteiger charge is 2.42. The minimum Gasteiger partial charge on any atom is -0.480 e. The van der Waals surface area contributed by atoms with Gasteiger partial charge in [-0.05, 0) is 85.8 Å². The van der Waals surface area contributed by atoms with E-state index in [2.05, 4.69) is 46.9 Å². The number of hydrogen-bond acceptors (Lipinski definition) is 11. The number of carboxylic acid groups (broad SMARTS) is 1. The summed E-state index contributed by atoms with van der Waals surface area (Å²) in [4.78, 5) is 137. The smallest absolute Gasteiger partial charge is 0.326 e. The second kappa shape index (κ2) is 27.4. The van der Waals surface area contributed by atoms with Crippen LogP contribution < -0.4 is 37.6 Å². The number of nitrogens with two attached hydrogens (primary N) is 1. The van der Waals surface area contributed by atoms with Gasteiger partial charge in [-0.3, -0.25) is 38.4 Å². The maximum atomic E-state index is 14.6. The minimum absolute atomic E-state index is 0.00115. The topological polar surface area (TPSA) is 323 Å². The molecule has 0 bridgehead atoms. The lowest BCUT2D eigenvalue weighted by Crippen LogP contribution is -2.59. The molecule has 2 aliphatic heterocycles. The average Bonchev–Trinajstić information content (AvgIpc) is 4.25. The van der Waals surface area contributed by atoms with Crippen LogP contribution in [0, 0.1) is 17.8 Å². The van der Waals surface area contributed by atoms with Crippen molar-refractivity contribution < 1.29 is 48.3 Å². The number of benzene rings is 2. The Morgan fingerprint density at radius 1 is 0.662 bits per heavy atom. The summed E-state index contributed by atoms with van der Waals surface area (Å²) in [5.74, 6) is -6.64. The number of carbonyl (C=O) groups is 9. The van der Waals surface area contributed by atoms with Crippen LogP contribution in [0.4, 0.5) is 0 Å². The van der Waals surface area contributed by atoms with Crippen molar-refractivity contribution in [2.45, 2.75) is 148 Å². The summed E-state index contributed by atoms with van der Waals surface area (Å²) in [5, 5.41) is 26.9. The number of nitrogens with one attached hydrogen (secondary N) is 8. The molecule has 2 aromatic heterocycles. The van der Waals surface area contributed by atoms with Gasteiger partial charge in [-0.25, -0.2) is 9.78 Å². The van der Waals surface area contributed by atoms with Crippen LogP contribution in [0.2, 0.25) is 0 Å². The molecule has 2 aromatic carbocycles. The van der Waals surface area contributed by atoms with Crippen LogP contribution in [0.5, 0.6) is 0 Å². The molecule has 22 nitrogen and oxygen atoms in total. The number of H-pyrrole nitrogens is 2. The third-order valence-corrected chi connectivity index (χ3v) is 13.9. The Balaban J connectivity index is 1.12. The van der Waals surface area contributed by atoms with Gasteiger partial charge in [0, 0.05) is 49.0 Å². The fourth-order valence-corrected chi connectivity index (χ4v) is 9.97. The highest BCUT2D eigenvalue weighted by atomic mass is 16.4. The summed E-state index contributed by atoms with van der Waals surface area (Å²) >= 11 is 0. The van der Waals surface area contributed by atoms with Crippen LogP contribution in [0.15, 0.2) is 73.2 Å². The zero-order valence-electron chi connectivity index (χ0n) is 44.8. The predicted molar refractivity (Wildman–Crippen MR) is 286 cm³/mol. The summed E-state index contributed by atoms with van der Waals surface area (Å²) in [6.07, 6.45) is 5.09. The number of aromatic amines is 2. The molecule has 4 heterocycles. The third kappa shape index (κ3) is 16.4. The number of aliphatic carboxylic acids is 1. The van der Waals surface area contributed by atoms with Crippen molar-refractivity contribution in [3.63, 3.8) is 0 Å². The number of likely N-dealkylation sites (tertiary alicyclic amines) is 2. The predicted octanol–water partition coefficient (Wildman–Crippen LogP) is 1.60. The van der Waals surface area contributed by atoms with E-state index in [1.165, 1.54) is 22.3 Å². The van der Waals surface area contributed by atoms with Crippen molar-refractivity contribution >= 4 is 64.1 Å². The molecule has 6 rings (SSSR count). The highest BCUT2D eigenvalue weighted by Crippen LogP contribution is 2.24. The third-order valence-electron chi connectivity index (χ3n) is 13.9. The van der Waals surface area contributed by atoms with E-state index in [1.54, 1.807) is 13.8 Å². The zero-order valence-corrected chi connectivity index (χ0v) is 44.8.